The molecule has 1 atom stereocenters. The number of carbonyl (C=O) groups excluding carboxylic acids is 1. The van der Waals surface area contributed by atoms with Crippen molar-refractivity contribution < 1.29 is 23.1 Å². The number of thiazole rings is 1. The summed E-state index contributed by atoms with van der Waals surface area (Å²) in [5.74, 6) is -1.47. The second-order valence-corrected chi connectivity index (χ2v) is 13.2. The molecule has 3 aromatic carbocycles. The van der Waals surface area contributed by atoms with E-state index < -0.39 is 27.9 Å². The van der Waals surface area contributed by atoms with Crippen molar-refractivity contribution in [1.82, 2.24) is 14.6 Å². The monoisotopic (exact) mass is 606 g/mol. The number of carbonyl (C=O) groups is 2. The van der Waals surface area contributed by atoms with Crippen LogP contribution in [0.4, 0.5) is 5.13 Å². The fourth-order valence-electron chi connectivity index (χ4n) is 5.14. The minimum Gasteiger partial charge on any atom is -0.478 e. The molecule has 0 radical (unpaired) electrons. The van der Waals surface area contributed by atoms with Gasteiger partial charge in [0.25, 0.3) is 0 Å². The highest BCUT2D eigenvalue weighted by atomic mass is 32.2. The summed E-state index contributed by atoms with van der Waals surface area (Å²) in [5, 5.41) is 13.1. The molecule has 1 aliphatic rings. The number of hydrogen-bond acceptors (Lipinski definition) is 7. The molecule has 0 spiro atoms. The number of carboxylic acids is 1. The lowest BCUT2D eigenvalue weighted by atomic mass is 10.1. The maximum atomic E-state index is 13.8. The van der Waals surface area contributed by atoms with Crippen molar-refractivity contribution in [2.75, 3.05) is 24.5 Å². The van der Waals surface area contributed by atoms with Crippen molar-refractivity contribution in [2.24, 2.45) is 0 Å². The Morgan fingerprint density at radius 3 is 2.33 bits per heavy atom. The van der Waals surface area contributed by atoms with Gasteiger partial charge in [0, 0.05) is 26.2 Å². The lowest BCUT2D eigenvalue weighted by Crippen LogP contribution is -2.60. The quantitative estimate of drug-likeness (QED) is 0.268. The van der Waals surface area contributed by atoms with Gasteiger partial charge in [-0.1, -0.05) is 74.1 Å². The van der Waals surface area contributed by atoms with E-state index in [1.54, 1.807) is 36.4 Å². The van der Waals surface area contributed by atoms with Gasteiger partial charge in [-0.05, 0) is 53.8 Å². The van der Waals surface area contributed by atoms with Crippen LogP contribution in [0.25, 0.3) is 10.2 Å². The zero-order valence-electron chi connectivity index (χ0n) is 23.6. The van der Waals surface area contributed by atoms with Crippen molar-refractivity contribution in [3.8, 4) is 0 Å². The summed E-state index contributed by atoms with van der Waals surface area (Å²) in [7, 11) is -3.97. The number of amides is 1. The molecule has 1 amide bonds. The summed E-state index contributed by atoms with van der Waals surface area (Å²) in [6, 6.07) is 18.8. The van der Waals surface area contributed by atoms with Gasteiger partial charge in [-0.2, -0.15) is 4.31 Å². The number of nitrogens with one attached hydrogen (secondary N) is 1. The molecule has 2 heterocycles. The summed E-state index contributed by atoms with van der Waals surface area (Å²) in [6.45, 7) is 4.85. The summed E-state index contributed by atoms with van der Waals surface area (Å²) >= 11 is 1.33. The number of sulfonamides is 1. The first-order valence-corrected chi connectivity index (χ1v) is 16.3. The van der Waals surface area contributed by atoms with E-state index in [9.17, 15) is 23.1 Å². The third-order valence-corrected chi connectivity index (χ3v) is 10.5. The highest BCUT2D eigenvalue weighted by Gasteiger charge is 2.41. The van der Waals surface area contributed by atoms with Gasteiger partial charge in [0.15, 0.2) is 5.13 Å². The molecule has 220 valence electrons. The molecular formula is C31H34N4O5S2. The van der Waals surface area contributed by atoms with Crippen LogP contribution >= 0.6 is 11.3 Å². The van der Waals surface area contributed by atoms with Crippen LogP contribution in [0.2, 0.25) is 0 Å². The number of para-hydroxylation sites is 1. The number of hydrogen-bond donors (Lipinski definition) is 2. The second-order valence-electron chi connectivity index (χ2n) is 10.3. The highest BCUT2D eigenvalue weighted by molar-refractivity contribution is 7.89. The van der Waals surface area contributed by atoms with Gasteiger partial charge in [-0.3, -0.25) is 4.79 Å². The number of carboxylic acid groups (broad SMARTS) is 1. The number of aromatic nitrogens is 1. The van der Waals surface area contributed by atoms with Crippen molar-refractivity contribution in [2.45, 2.75) is 50.6 Å². The Bertz CT molecular complexity index is 1680. The molecule has 2 N–H and O–H groups in total. The van der Waals surface area contributed by atoms with Gasteiger partial charge in [0.05, 0.1) is 20.7 Å². The molecule has 11 heteroatoms. The number of nitrogens with zero attached hydrogens (tertiary/aromatic N) is 3. The van der Waals surface area contributed by atoms with Crippen LogP contribution in [0, 0.1) is 0 Å². The van der Waals surface area contributed by atoms with E-state index in [-0.39, 0.29) is 30.1 Å². The topological polar surface area (TPSA) is 120 Å². The van der Waals surface area contributed by atoms with Gasteiger partial charge in [0.2, 0.25) is 15.9 Å². The summed E-state index contributed by atoms with van der Waals surface area (Å²) < 4.78 is 29.6. The van der Waals surface area contributed by atoms with Crippen LogP contribution in [-0.4, -0.2) is 60.4 Å². The zero-order valence-corrected chi connectivity index (χ0v) is 25.2. The second kappa shape index (κ2) is 12.6. The first kappa shape index (κ1) is 29.7. The van der Waals surface area contributed by atoms with Crippen molar-refractivity contribution in [3.63, 3.8) is 0 Å². The fourth-order valence-corrected chi connectivity index (χ4v) is 7.74. The molecule has 42 heavy (non-hydrogen) atoms. The molecule has 1 saturated heterocycles. The van der Waals surface area contributed by atoms with Crippen LogP contribution in [0.1, 0.15) is 47.3 Å². The largest absolute Gasteiger partial charge is 0.478 e. The van der Waals surface area contributed by atoms with Crippen LogP contribution in [0.5, 0.6) is 0 Å². The number of piperazine rings is 1. The Morgan fingerprint density at radius 1 is 0.976 bits per heavy atom. The molecule has 1 aromatic heterocycles. The number of aromatic carboxylic acids is 1. The SMILES string of the molecule is CCCc1ccc(CNC(=O)C2CN(c3nc4c(C(=O)O)cccc4s3)CCN2S(=O)(=O)c2ccc(CC)cc2)cc1. The van der Waals surface area contributed by atoms with Gasteiger partial charge in [-0.25, -0.2) is 18.2 Å². The first-order valence-electron chi connectivity index (χ1n) is 14.0. The van der Waals surface area contributed by atoms with Gasteiger partial charge in [-0.15, -0.1) is 0 Å². The lowest BCUT2D eigenvalue weighted by molar-refractivity contribution is -0.125. The van der Waals surface area contributed by atoms with E-state index in [0.717, 1.165) is 30.4 Å². The van der Waals surface area contributed by atoms with Crippen LogP contribution in [0.15, 0.2) is 71.6 Å². The maximum absolute atomic E-state index is 13.8. The third kappa shape index (κ3) is 6.18. The van der Waals surface area contributed by atoms with Crippen LogP contribution in [-0.2, 0) is 34.2 Å². The predicted molar refractivity (Wildman–Crippen MR) is 165 cm³/mol. The van der Waals surface area contributed by atoms with E-state index in [2.05, 4.69) is 17.2 Å². The smallest absolute Gasteiger partial charge is 0.337 e. The number of anilines is 1. The molecule has 4 aromatic rings. The molecule has 1 aliphatic heterocycles. The van der Waals surface area contributed by atoms with Gasteiger partial charge in [0.1, 0.15) is 6.04 Å². The molecule has 0 aliphatic carbocycles. The van der Waals surface area contributed by atoms with Crippen LogP contribution in [0.3, 0.4) is 0 Å². The molecule has 1 unspecified atom stereocenters. The average Bonchev–Trinajstić information content (AvgIpc) is 3.45. The molecule has 9 nitrogen and oxygen atoms in total. The minimum absolute atomic E-state index is 0.0728. The Labute approximate surface area is 249 Å². The van der Waals surface area contributed by atoms with E-state index in [1.165, 1.54) is 27.3 Å². The Kier molecular flexibility index (Phi) is 8.91. The number of fused-ring (bicyclic) bond motifs is 1. The van der Waals surface area contributed by atoms with Crippen LogP contribution < -0.4 is 10.2 Å². The third-order valence-electron chi connectivity index (χ3n) is 7.51. The van der Waals surface area contributed by atoms with Gasteiger partial charge >= 0.3 is 5.97 Å². The maximum Gasteiger partial charge on any atom is 0.337 e. The lowest BCUT2D eigenvalue weighted by Gasteiger charge is -2.39. The van der Waals surface area contributed by atoms with E-state index in [0.29, 0.717) is 21.9 Å². The number of aryl methyl sites for hydroxylation is 2. The Hall–Kier alpha value is -3.80. The Morgan fingerprint density at radius 2 is 1.67 bits per heavy atom. The number of rotatable bonds is 10. The summed E-state index contributed by atoms with van der Waals surface area (Å²) in [4.78, 5) is 32.0. The Balaban J connectivity index is 1.42. The summed E-state index contributed by atoms with van der Waals surface area (Å²) in [6.07, 6.45) is 2.82. The molecule has 0 bridgehead atoms. The number of benzene rings is 3. The average molecular weight is 607 g/mol. The minimum atomic E-state index is -3.97. The first-order chi connectivity index (χ1) is 20.2. The van der Waals surface area contributed by atoms with Crippen molar-refractivity contribution in [1.29, 1.82) is 0 Å². The van der Waals surface area contributed by atoms with E-state index in [4.69, 9.17) is 0 Å². The highest BCUT2D eigenvalue weighted by Crippen LogP contribution is 2.33. The predicted octanol–water partition coefficient (Wildman–Crippen LogP) is 4.71. The van der Waals surface area contributed by atoms with E-state index >= 15 is 0 Å². The van der Waals surface area contributed by atoms with Crippen molar-refractivity contribution in [3.05, 3.63) is 89.0 Å². The summed E-state index contributed by atoms with van der Waals surface area (Å²) in [5.41, 5.74) is 3.65. The van der Waals surface area contributed by atoms with Crippen molar-refractivity contribution >= 4 is 48.6 Å². The molecule has 5 rings (SSSR count). The normalized spacial score (nSPS) is 16.0. The molecule has 1 fully saturated rings. The van der Waals surface area contributed by atoms with E-state index in [1.807, 2.05) is 36.1 Å². The zero-order chi connectivity index (χ0) is 29.9. The molecular weight excluding hydrogens is 572 g/mol. The fraction of sp³-hybridized carbons (Fsp3) is 0.323. The standard InChI is InChI=1S/C31H34N4O5S2/c1-3-6-22-9-11-23(12-10-22)19-32-29(36)26-20-34(31-33-28-25(30(37)38)7-5-8-27(28)41-31)17-18-35(26)42(39,40)24-15-13-21(4-2)14-16-24/h5,7-16,26H,3-4,6,17-20H2,1-2H3,(H,32,36)(H,37,38). The molecule has 0 saturated carbocycles. The van der Waals surface area contributed by atoms with Gasteiger partial charge < -0.3 is 15.3 Å².